The highest BCUT2D eigenvalue weighted by molar-refractivity contribution is 5.73. The molecular formula is C9H16N2O2. The lowest BCUT2D eigenvalue weighted by Gasteiger charge is -2.19. The minimum absolute atomic E-state index is 0.397. The fourth-order valence-corrected chi connectivity index (χ4v) is 0.824. The summed E-state index contributed by atoms with van der Waals surface area (Å²) in [6.45, 7) is 5.74. The maximum absolute atomic E-state index is 10.6. The van der Waals surface area contributed by atoms with Gasteiger partial charge in [-0.2, -0.15) is 5.26 Å². The molecule has 0 rings (SSSR count). The fourth-order valence-electron chi connectivity index (χ4n) is 0.824. The number of carbonyl (C=O) groups is 1. The monoisotopic (exact) mass is 184 g/mol. The Labute approximate surface area is 78.6 Å². The number of nitrogens with zero attached hydrogens (tertiary/aromatic N) is 1. The molecule has 0 fully saturated rings. The van der Waals surface area contributed by atoms with Crippen molar-refractivity contribution >= 4 is 5.97 Å². The van der Waals surface area contributed by atoms with Gasteiger partial charge in [-0.25, -0.2) is 0 Å². The third-order valence-electron chi connectivity index (χ3n) is 1.80. The van der Waals surface area contributed by atoms with Gasteiger partial charge in [-0.1, -0.05) is 6.92 Å². The summed E-state index contributed by atoms with van der Waals surface area (Å²) in [6.07, 6.45) is 0.525. The van der Waals surface area contributed by atoms with E-state index in [9.17, 15) is 4.79 Å². The molecule has 0 bridgehead atoms. The molecule has 0 aliphatic rings. The molecule has 0 heterocycles. The summed E-state index contributed by atoms with van der Waals surface area (Å²) in [5, 5.41) is 20.2. The summed E-state index contributed by atoms with van der Waals surface area (Å²) in [4.78, 5) is 10.6. The van der Waals surface area contributed by atoms with Crippen LogP contribution in [0.1, 0.15) is 27.2 Å². The van der Waals surface area contributed by atoms with Crippen molar-refractivity contribution in [3.63, 3.8) is 0 Å². The minimum Gasteiger partial charge on any atom is -0.480 e. The van der Waals surface area contributed by atoms with Crippen LogP contribution in [0.3, 0.4) is 0 Å². The van der Waals surface area contributed by atoms with Crippen LogP contribution in [0.25, 0.3) is 0 Å². The molecule has 0 aliphatic heterocycles. The Bertz CT molecular complexity index is 218. The van der Waals surface area contributed by atoms with Gasteiger partial charge in [0.2, 0.25) is 0 Å². The second kappa shape index (κ2) is 4.83. The number of nitrogens with one attached hydrogen (secondary N) is 1. The quantitative estimate of drug-likeness (QED) is 0.668. The summed E-state index contributed by atoms with van der Waals surface area (Å²) >= 11 is 0. The van der Waals surface area contributed by atoms with Crippen LogP contribution in [0, 0.1) is 16.7 Å². The van der Waals surface area contributed by atoms with Crippen LogP contribution in [0.4, 0.5) is 0 Å². The molecule has 74 valence electrons. The molecule has 4 nitrogen and oxygen atoms in total. The average Bonchev–Trinajstić information content (AvgIpc) is 2.05. The van der Waals surface area contributed by atoms with Crippen molar-refractivity contribution in [3.05, 3.63) is 0 Å². The van der Waals surface area contributed by atoms with Gasteiger partial charge in [0.05, 0.1) is 11.5 Å². The largest absolute Gasteiger partial charge is 0.480 e. The summed E-state index contributed by atoms with van der Waals surface area (Å²) in [5.41, 5.74) is -0.511. The fraction of sp³-hybridized carbons (Fsp3) is 0.778. The highest BCUT2D eigenvalue weighted by Gasteiger charge is 2.21. The zero-order chi connectivity index (χ0) is 10.5. The molecule has 0 aromatic rings. The number of nitriles is 1. The smallest absolute Gasteiger partial charge is 0.320 e. The Morgan fingerprint density at radius 2 is 2.23 bits per heavy atom. The highest BCUT2D eigenvalue weighted by atomic mass is 16.4. The van der Waals surface area contributed by atoms with Crippen LogP contribution < -0.4 is 5.32 Å². The van der Waals surface area contributed by atoms with Gasteiger partial charge in [0, 0.05) is 6.54 Å². The van der Waals surface area contributed by atoms with E-state index in [1.165, 1.54) is 0 Å². The Kier molecular flexibility index (Phi) is 4.43. The highest BCUT2D eigenvalue weighted by Crippen LogP contribution is 2.11. The van der Waals surface area contributed by atoms with E-state index in [4.69, 9.17) is 10.4 Å². The lowest BCUT2D eigenvalue weighted by molar-refractivity contribution is -0.139. The normalized spacial score (nSPS) is 13.4. The van der Waals surface area contributed by atoms with Crippen LogP contribution in [0.15, 0.2) is 0 Å². The van der Waals surface area contributed by atoms with Crippen molar-refractivity contribution in [1.82, 2.24) is 5.32 Å². The molecule has 1 atom stereocenters. The van der Waals surface area contributed by atoms with Gasteiger partial charge in [-0.15, -0.1) is 0 Å². The third kappa shape index (κ3) is 4.48. The standard InChI is InChI=1S/C9H16N2O2/c1-4-7(8(12)13)11-6-9(2,3)5-10/h7,11H,4,6H2,1-3H3,(H,12,13). The van der Waals surface area contributed by atoms with Crippen molar-refractivity contribution in [3.8, 4) is 6.07 Å². The predicted molar refractivity (Wildman–Crippen MR) is 49.1 cm³/mol. The number of aliphatic carboxylic acids is 1. The summed E-state index contributed by atoms with van der Waals surface area (Å²) < 4.78 is 0. The summed E-state index contributed by atoms with van der Waals surface area (Å²) in [7, 11) is 0. The molecule has 0 aromatic heterocycles. The van der Waals surface area contributed by atoms with Crippen LogP contribution in [0.5, 0.6) is 0 Å². The number of carboxylic acids is 1. The first-order valence-electron chi connectivity index (χ1n) is 4.30. The van der Waals surface area contributed by atoms with Crippen molar-refractivity contribution < 1.29 is 9.90 Å². The zero-order valence-electron chi connectivity index (χ0n) is 8.29. The Morgan fingerprint density at radius 3 is 2.54 bits per heavy atom. The van der Waals surface area contributed by atoms with Crippen molar-refractivity contribution in [1.29, 1.82) is 5.26 Å². The van der Waals surface area contributed by atoms with E-state index in [-0.39, 0.29) is 0 Å². The second-order valence-corrected chi connectivity index (χ2v) is 3.68. The van der Waals surface area contributed by atoms with E-state index in [0.29, 0.717) is 13.0 Å². The first kappa shape index (κ1) is 11.9. The molecule has 1 unspecified atom stereocenters. The first-order valence-corrected chi connectivity index (χ1v) is 4.30. The van der Waals surface area contributed by atoms with Crippen molar-refractivity contribution in [2.24, 2.45) is 5.41 Å². The molecule has 0 saturated carbocycles. The molecule has 0 spiro atoms. The Hall–Kier alpha value is -1.08. The van der Waals surface area contributed by atoms with E-state index in [0.717, 1.165) is 0 Å². The van der Waals surface area contributed by atoms with Crippen molar-refractivity contribution in [2.75, 3.05) is 6.54 Å². The van der Waals surface area contributed by atoms with Crippen LogP contribution >= 0.6 is 0 Å². The molecule has 2 N–H and O–H groups in total. The van der Waals surface area contributed by atoms with Gasteiger partial charge >= 0.3 is 5.97 Å². The number of carboxylic acid groups (broad SMARTS) is 1. The number of hydrogen-bond acceptors (Lipinski definition) is 3. The first-order chi connectivity index (χ1) is 5.93. The number of rotatable bonds is 5. The van der Waals surface area contributed by atoms with E-state index in [1.807, 2.05) is 0 Å². The molecule has 4 heteroatoms. The summed E-state index contributed by atoms with van der Waals surface area (Å²) in [6, 6.07) is 1.56. The zero-order valence-corrected chi connectivity index (χ0v) is 8.29. The summed E-state index contributed by atoms with van der Waals surface area (Å²) in [5.74, 6) is -0.865. The van der Waals surface area contributed by atoms with E-state index in [2.05, 4.69) is 11.4 Å². The van der Waals surface area contributed by atoms with Crippen LogP contribution in [0.2, 0.25) is 0 Å². The molecular weight excluding hydrogens is 168 g/mol. The number of hydrogen-bond donors (Lipinski definition) is 2. The van der Waals surface area contributed by atoms with E-state index >= 15 is 0 Å². The third-order valence-corrected chi connectivity index (χ3v) is 1.80. The molecule has 0 aliphatic carbocycles. The predicted octanol–water partition coefficient (Wildman–Crippen LogP) is 0.989. The Morgan fingerprint density at radius 1 is 1.69 bits per heavy atom. The topological polar surface area (TPSA) is 73.1 Å². The SMILES string of the molecule is CCC(NCC(C)(C)C#N)C(=O)O. The van der Waals surface area contributed by atoms with Gasteiger partial charge < -0.3 is 10.4 Å². The second-order valence-electron chi connectivity index (χ2n) is 3.68. The molecule has 0 aromatic carbocycles. The van der Waals surface area contributed by atoms with Crippen molar-refractivity contribution in [2.45, 2.75) is 33.2 Å². The molecule has 0 amide bonds. The van der Waals surface area contributed by atoms with E-state index in [1.54, 1.807) is 20.8 Å². The molecule has 13 heavy (non-hydrogen) atoms. The maximum Gasteiger partial charge on any atom is 0.320 e. The van der Waals surface area contributed by atoms with E-state index < -0.39 is 17.4 Å². The van der Waals surface area contributed by atoms with Crippen LogP contribution in [-0.2, 0) is 4.79 Å². The maximum atomic E-state index is 10.6. The lowest BCUT2D eigenvalue weighted by Crippen LogP contribution is -2.41. The van der Waals surface area contributed by atoms with Gasteiger partial charge in [0.25, 0.3) is 0 Å². The van der Waals surface area contributed by atoms with Gasteiger partial charge in [-0.3, -0.25) is 4.79 Å². The van der Waals surface area contributed by atoms with Gasteiger partial charge in [-0.05, 0) is 20.3 Å². The Balaban J connectivity index is 4.01. The lowest BCUT2D eigenvalue weighted by atomic mass is 9.95. The molecule has 0 radical (unpaired) electrons. The van der Waals surface area contributed by atoms with Gasteiger partial charge in [0.1, 0.15) is 6.04 Å². The minimum atomic E-state index is -0.865. The molecule has 0 saturated heterocycles. The van der Waals surface area contributed by atoms with Gasteiger partial charge in [0.15, 0.2) is 0 Å². The average molecular weight is 184 g/mol. The van der Waals surface area contributed by atoms with Crippen LogP contribution in [-0.4, -0.2) is 23.7 Å².